The summed E-state index contributed by atoms with van der Waals surface area (Å²) in [6, 6.07) is 9.18. The molecule has 0 bridgehead atoms. The molecule has 0 saturated heterocycles. The van der Waals surface area contributed by atoms with E-state index in [9.17, 15) is 4.79 Å². The number of amides is 1. The van der Waals surface area contributed by atoms with Crippen molar-refractivity contribution in [3.63, 3.8) is 0 Å². The Balaban J connectivity index is 1.83. The topological polar surface area (TPSA) is 57.3 Å². The normalized spacial score (nSPS) is 11.7. The first kappa shape index (κ1) is 17.8. The molecule has 23 heavy (non-hydrogen) atoms. The lowest BCUT2D eigenvalue weighted by Crippen LogP contribution is -3.07. The molecule has 1 atom stereocenters. The summed E-state index contributed by atoms with van der Waals surface area (Å²) < 4.78 is 0. The van der Waals surface area contributed by atoms with E-state index >= 15 is 0 Å². The van der Waals surface area contributed by atoms with Gasteiger partial charge in [0.15, 0.2) is 0 Å². The third-order valence-corrected chi connectivity index (χ3v) is 4.74. The quantitative estimate of drug-likeness (QED) is 0.823. The van der Waals surface area contributed by atoms with Crippen molar-refractivity contribution in [3.05, 3.63) is 50.8 Å². The molecular formula is C16H16Cl2N3OS+. The molecule has 1 amide bonds. The van der Waals surface area contributed by atoms with Crippen LogP contribution in [0, 0.1) is 11.3 Å². The summed E-state index contributed by atoms with van der Waals surface area (Å²) >= 11 is 13.4. The van der Waals surface area contributed by atoms with Crippen molar-refractivity contribution < 1.29 is 9.69 Å². The van der Waals surface area contributed by atoms with Crippen LogP contribution in [0.3, 0.4) is 0 Å². The Morgan fingerprint density at radius 3 is 2.87 bits per heavy atom. The molecule has 1 aromatic carbocycles. The van der Waals surface area contributed by atoms with Crippen molar-refractivity contribution in [3.8, 4) is 6.07 Å². The van der Waals surface area contributed by atoms with E-state index in [1.54, 1.807) is 17.5 Å². The Bertz CT molecular complexity index is 739. The third kappa shape index (κ3) is 5.22. The molecule has 0 spiro atoms. The molecule has 2 aromatic rings. The Kier molecular flexibility index (Phi) is 6.43. The van der Waals surface area contributed by atoms with Gasteiger partial charge in [-0.05, 0) is 23.6 Å². The van der Waals surface area contributed by atoms with Crippen LogP contribution in [0.5, 0.6) is 0 Å². The fourth-order valence-electron chi connectivity index (χ4n) is 2.09. The molecule has 2 rings (SSSR count). The molecule has 0 aliphatic carbocycles. The van der Waals surface area contributed by atoms with Gasteiger partial charge in [-0.15, -0.1) is 11.3 Å². The number of rotatable bonds is 6. The lowest BCUT2D eigenvalue weighted by Gasteiger charge is -2.14. The van der Waals surface area contributed by atoms with Crippen LogP contribution in [0.4, 0.5) is 5.00 Å². The zero-order chi connectivity index (χ0) is 16.8. The van der Waals surface area contributed by atoms with Crippen LogP contribution in [-0.2, 0) is 11.3 Å². The van der Waals surface area contributed by atoms with Crippen LogP contribution in [0.1, 0.15) is 17.5 Å². The monoisotopic (exact) mass is 368 g/mol. The molecular weight excluding hydrogens is 353 g/mol. The molecule has 2 N–H and O–H groups in total. The highest BCUT2D eigenvalue weighted by Gasteiger charge is 2.12. The molecule has 7 heteroatoms. The van der Waals surface area contributed by atoms with E-state index in [1.165, 1.54) is 11.3 Å². The number of hydrogen-bond acceptors (Lipinski definition) is 3. The van der Waals surface area contributed by atoms with Gasteiger partial charge in [-0.3, -0.25) is 4.79 Å². The molecule has 0 aliphatic heterocycles. The second kappa shape index (κ2) is 8.32. The number of nitrogens with one attached hydrogen (secondary N) is 2. The molecule has 120 valence electrons. The highest BCUT2D eigenvalue weighted by molar-refractivity contribution is 7.14. The lowest BCUT2D eigenvalue weighted by atomic mass is 10.2. The second-order valence-corrected chi connectivity index (χ2v) is 6.95. The number of anilines is 1. The highest BCUT2D eigenvalue weighted by Crippen LogP contribution is 2.22. The van der Waals surface area contributed by atoms with Crippen molar-refractivity contribution in [2.45, 2.75) is 13.0 Å². The minimum absolute atomic E-state index is 0.0921. The van der Waals surface area contributed by atoms with Crippen molar-refractivity contribution in [2.24, 2.45) is 0 Å². The molecule has 0 saturated carbocycles. The van der Waals surface area contributed by atoms with Gasteiger partial charge in [0.2, 0.25) is 5.91 Å². The number of quaternary nitrogens is 1. The van der Waals surface area contributed by atoms with Crippen molar-refractivity contribution in [1.82, 2.24) is 0 Å². The average Bonchev–Trinajstić information content (AvgIpc) is 2.95. The van der Waals surface area contributed by atoms with Gasteiger partial charge >= 0.3 is 0 Å². The minimum Gasteiger partial charge on any atom is -0.333 e. The zero-order valence-corrected chi connectivity index (χ0v) is 14.9. The Labute approximate surface area is 149 Å². The summed E-state index contributed by atoms with van der Waals surface area (Å²) in [7, 11) is 2.00. The maximum Gasteiger partial charge on any atom is 0.230 e. The fourth-order valence-corrected chi connectivity index (χ4v) is 3.32. The SMILES string of the molecule is C[NH+](CCC(=O)Nc1sccc1C#N)Cc1ccc(Cl)cc1Cl. The fraction of sp³-hybridized carbons (Fsp3) is 0.250. The molecule has 0 fully saturated rings. The zero-order valence-electron chi connectivity index (χ0n) is 12.5. The number of hydrogen-bond donors (Lipinski definition) is 2. The minimum atomic E-state index is -0.0921. The summed E-state index contributed by atoms with van der Waals surface area (Å²) in [6.07, 6.45) is 0.375. The molecule has 0 aliphatic rings. The maximum absolute atomic E-state index is 12.0. The number of carbonyl (C=O) groups is 1. The van der Waals surface area contributed by atoms with Crippen LogP contribution >= 0.6 is 34.5 Å². The number of nitrogens with zero attached hydrogens (tertiary/aromatic N) is 1. The summed E-state index contributed by atoms with van der Waals surface area (Å²) in [4.78, 5) is 13.1. The third-order valence-electron chi connectivity index (χ3n) is 3.32. The van der Waals surface area contributed by atoms with Gasteiger partial charge in [0, 0.05) is 10.6 Å². The van der Waals surface area contributed by atoms with Crippen LogP contribution in [0.15, 0.2) is 29.6 Å². The van der Waals surface area contributed by atoms with E-state index in [2.05, 4.69) is 11.4 Å². The summed E-state index contributed by atoms with van der Waals surface area (Å²) in [5.41, 5.74) is 1.50. The predicted molar refractivity (Wildman–Crippen MR) is 94.2 cm³/mol. The molecule has 1 unspecified atom stereocenters. The predicted octanol–water partition coefficient (Wildman–Crippen LogP) is 2.97. The average molecular weight is 369 g/mol. The first-order valence-corrected chi connectivity index (χ1v) is 8.66. The first-order valence-electron chi connectivity index (χ1n) is 7.02. The van der Waals surface area contributed by atoms with E-state index in [0.717, 1.165) is 10.5 Å². The summed E-state index contributed by atoms with van der Waals surface area (Å²) in [6.45, 7) is 1.38. The summed E-state index contributed by atoms with van der Waals surface area (Å²) in [5.74, 6) is -0.0921. The number of carbonyl (C=O) groups excluding carboxylic acids is 1. The van der Waals surface area contributed by atoms with E-state index < -0.39 is 0 Å². The van der Waals surface area contributed by atoms with Crippen LogP contribution in [-0.4, -0.2) is 19.5 Å². The highest BCUT2D eigenvalue weighted by atomic mass is 35.5. The van der Waals surface area contributed by atoms with Crippen LogP contribution in [0.25, 0.3) is 0 Å². The number of nitriles is 1. The van der Waals surface area contributed by atoms with E-state index in [0.29, 0.717) is 40.1 Å². The standard InChI is InChI=1S/C16H15Cl2N3OS/c1-21(10-12-2-3-13(17)8-14(12)18)6-4-15(22)20-16-11(9-19)5-7-23-16/h2-3,5,7-8H,4,6,10H2,1H3,(H,20,22)/p+1. The van der Waals surface area contributed by atoms with Crippen molar-refractivity contribution in [2.75, 3.05) is 18.9 Å². The van der Waals surface area contributed by atoms with E-state index in [1.807, 2.05) is 19.2 Å². The molecule has 1 aromatic heterocycles. The molecule has 0 radical (unpaired) electrons. The van der Waals surface area contributed by atoms with Gasteiger partial charge in [0.1, 0.15) is 17.6 Å². The maximum atomic E-state index is 12.0. The Hall–Kier alpha value is -1.58. The Morgan fingerprint density at radius 1 is 1.39 bits per heavy atom. The Morgan fingerprint density at radius 2 is 2.17 bits per heavy atom. The number of halogens is 2. The van der Waals surface area contributed by atoms with Gasteiger partial charge in [-0.1, -0.05) is 29.3 Å². The van der Waals surface area contributed by atoms with Crippen LogP contribution < -0.4 is 10.2 Å². The molecule has 1 heterocycles. The number of thiophene rings is 1. The van der Waals surface area contributed by atoms with E-state index in [-0.39, 0.29) is 5.91 Å². The second-order valence-electron chi connectivity index (χ2n) is 5.19. The van der Waals surface area contributed by atoms with Gasteiger partial charge in [0.25, 0.3) is 0 Å². The van der Waals surface area contributed by atoms with Gasteiger partial charge in [-0.25, -0.2) is 0 Å². The van der Waals surface area contributed by atoms with E-state index in [4.69, 9.17) is 28.5 Å². The van der Waals surface area contributed by atoms with Gasteiger partial charge in [0.05, 0.1) is 30.6 Å². The van der Waals surface area contributed by atoms with Crippen molar-refractivity contribution >= 4 is 45.4 Å². The molecule has 4 nitrogen and oxygen atoms in total. The lowest BCUT2D eigenvalue weighted by molar-refractivity contribution is -0.893. The summed E-state index contributed by atoms with van der Waals surface area (Å²) in [5, 5.41) is 15.3. The smallest absolute Gasteiger partial charge is 0.230 e. The first-order chi connectivity index (χ1) is 11.0. The number of benzene rings is 1. The van der Waals surface area contributed by atoms with Crippen molar-refractivity contribution in [1.29, 1.82) is 5.26 Å². The van der Waals surface area contributed by atoms with Gasteiger partial charge < -0.3 is 10.2 Å². The van der Waals surface area contributed by atoms with Gasteiger partial charge in [-0.2, -0.15) is 5.26 Å². The largest absolute Gasteiger partial charge is 0.333 e. The van der Waals surface area contributed by atoms with Crippen LogP contribution in [0.2, 0.25) is 10.0 Å².